The number of aromatic nitrogens is 1. The first-order valence-corrected chi connectivity index (χ1v) is 9.05. The van der Waals surface area contributed by atoms with E-state index in [1.807, 2.05) is 24.0 Å². The van der Waals surface area contributed by atoms with Crippen molar-refractivity contribution in [3.8, 4) is 5.88 Å². The van der Waals surface area contributed by atoms with Crippen molar-refractivity contribution >= 4 is 23.2 Å². The average molecular weight is 359 g/mol. The van der Waals surface area contributed by atoms with Crippen molar-refractivity contribution in [2.45, 2.75) is 13.3 Å². The van der Waals surface area contributed by atoms with Gasteiger partial charge in [-0.2, -0.15) is 0 Å². The fourth-order valence-corrected chi connectivity index (χ4v) is 3.67. The van der Waals surface area contributed by atoms with Crippen LogP contribution in [0.5, 0.6) is 5.88 Å². The van der Waals surface area contributed by atoms with Crippen LogP contribution >= 0.6 is 11.3 Å². The zero-order valence-corrected chi connectivity index (χ0v) is 15.2. The quantitative estimate of drug-likeness (QED) is 0.844. The third kappa shape index (κ3) is 3.99. The van der Waals surface area contributed by atoms with E-state index in [1.165, 1.54) is 17.5 Å². The molecule has 0 atom stereocenters. The summed E-state index contributed by atoms with van der Waals surface area (Å²) in [5.74, 6) is 0.477. The fourth-order valence-electron chi connectivity index (χ4n) is 2.84. The van der Waals surface area contributed by atoms with Crippen LogP contribution in [0, 0.1) is 6.92 Å². The SMILES string of the molecule is COc1ccc(C(=O)N2CCCN(C(=O)c3ccc(C)s3)CC2)cn1. The molecule has 7 heteroatoms. The predicted octanol–water partition coefficient (Wildman–Crippen LogP) is 2.45. The van der Waals surface area contributed by atoms with Gasteiger partial charge in [-0.05, 0) is 31.5 Å². The number of thiophene rings is 1. The maximum Gasteiger partial charge on any atom is 0.263 e. The Morgan fingerprint density at radius 2 is 1.76 bits per heavy atom. The fraction of sp³-hybridized carbons (Fsp3) is 0.389. The van der Waals surface area contributed by atoms with Crippen molar-refractivity contribution < 1.29 is 14.3 Å². The summed E-state index contributed by atoms with van der Waals surface area (Å²) in [6.45, 7) is 4.37. The van der Waals surface area contributed by atoms with Crippen LogP contribution in [-0.2, 0) is 0 Å². The van der Waals surface area contributed by atoms with Gasteiger partial charge in [0.2, 0.25) is 5.88 Å². The van der Waals surface area contributed by atoms with Crippen LogP contribution in [-0.4, -0.2) is 59.9 Å². The van der Waals surface area contributed by atoms with Crippen LogP contribution in [0.1, 0.15) is 31.3 Å². The van der Waals surface area contributed by atoms with Gasteiger partial charge in [0.05, 0.1) is 17.6 Å². The maximum absolute atomic E-state index is 12.6. The Morgan fingerprint density at radius 3 is 2.32 bits per heavy atom. The van der Waals surface area contributed by atoms with E-state index in [0.717, 1.165) is 16.2 Å². The van der Waals surface area contributed by atoms with E-state index in [9.17, 15) is 9.59 Å². The molecule has 2 aromatic rings. The van der Waals surface area contributed by atoms with E-state index in [-0.39, 0.29) is 11.8 Å². The lowest BCUT2D eigenvalue weighted by molar-refractivity contribution is 0.0721. The number of hydrogen-bond donors (Lipinski definition) is 0. The predicted molar refractivity (Wildman–Crippen MR) is 96.3 cm³/mol. The molecule has 0 radical (unpaired) electrons. The summed E-state index contributed by atoms with van der Waals surface area (Å²) in [5, 5.41) is 0. The van der Waals surface area contributed by atoms with Crippen LogP contribution in [0.25, 0.3) is 0 Å². The number of nitrogens with zero attached hydrogens (tertiary/aromatic N) is 3. The van der Waals surface area contributed by atoms with Crippen molar-refractivity contribution in [3.05, 3.63) is 45.8 Å². The lowest BCUT2D eigenvalue weighted by Crippen LogP contribution is -2.37. The Hall–Kier alpha value is -2.41. The smallest absolute Gasteiger partial charge is 0.263 e. The molecule has 0 aromatic carbocycles. The van der Waals surface area contributed by atoms with Gasteiger partial charge in [0, 0.05) is 43.3 Å². The number of rotatable bonds is 3. The third-order valence-electron chi connectivity index (χ3n) is 4.21. The van der Waals surface area contributed by atoms with Crippen molar-refractivity contribution in [2.75, 3.05) is 33.3 Å². The molecule has 3 heterocycles. The second-order valence-electron chi connectivity index (χ2n) is 5.94. The zero-order valence-electron chi connectivity index (χ0n) is 14.4. The first kappa shape index (κ1) is 17.4. The molecule has 0 spiro atoms. The van der Waals surface area contributed by atoms with E-state index >= 15 is 0 Å². The summed E-state index contributed by atoms with van der Waals surface area (Å²) in [4.78, 5) is 34.8. The monoisotopic (exact) mass is 359 g/mol. The third-order valence-corrected chi connectivity index (χ3v) is 5.20. The van der Waals surface area contributed by atoms with Crippen molar-refractivity contribution in [2.24, 2.45) is 0 Å². The van der Waals surface area contributed by atoms with E-state index in [0.29, 0.717) is 37.6 Å². The largest absolute Gasteiger partial charge is 0.481 e. The van der Waals surface area contributed by atoms with Gasteiger partial charge in [0.1, 0.15) is 0 Å². The highest BCUT2D eigenvalue weighted by Crippen LogP contribution is 2.19. The van der Waals surface area contributed by atoms with Gasteiger partial charge in [-0.3, -0.25) is 9.59 Å². The van der Waals surface area contributed by atoms with E-state index < -0.39 is 0 Å². The van der Waals surface area contributed by atoms with Crippen LogP contribution in [0.3, 0.4) is 0 Å². The van der Waals surface area contributed by atoms with E-state index in [1.54, 1.807) is 24.1 Å². The summed E-state index contributed by atoms with van der Waals surface area (Å²) < 4.78 is 5.02. The first-order valence-electron chi connectivity index (χ1n) is 8.23. The van der Waals surface area contributed by atoms with Crippen LogP contribution in [0.15, 0.2) is 30.5 Å². The minimum atomic E-state index is -0.0589. The summed E-state index contributed by atoms with van der Waals surface area (Å²) in [6, 6.07) is 7.23. The lowest BCUT2D eigenvalue weighted by Gasteiger charge is -2.22. The molecule has 6 nitrogen and oxygen atoms in total. The minimum absolute atomic E-state index is 0.0542. The zero-order chi connectivity index (χ0) is 17.8. The highest BCUT2D eigenvalue weighted by molar-refractivity contribution is 7.13. The van der Waals surface area contributed by atoms with Crippen molar-refractivity contribution in [3.63, 3.8) is 0 Å². The molecule has 1 fully saturated rings. The molecule has 0 unspecified atom stereocenters. The maximum atomic E-state index is 12.6. The number of amides is 2. The van der Waals surface area contributed by atoms with Crippen molar-refractivity contribution in [1.29, 1.82) is 0 Å². The van der Waals surface area contributed by atoms with Crippen LogP contribution < -0.4 is 4.74 Å². The second kappa shape index (κ2) is 7.65. The number of aryl methyl sites for hydroxylation is 1. The molecular weight excluding hydrogens is 338 g/mol. The molecule has 0 N–H and O–H groups in total. The van der Waals surface area contributed by atoms with Gasteiger partial charge < -0.3 is 14.5 Å². The van der Waals surface area contributed by atoms with Gasteiger partial charge in [0.25, 0.3) is 11.8 Å². The number of pyridine rings is 1. The van der Waals surface area contributed by atoms with E-state index in [4.69, 9.17) is 4.74 Å². The molecule has 1 aliphatic heterocycles. The number of hydrogen-bond acceptors (Lipinski definition) is 5. The highest BCUT2D eigenvalue weighted by atomic mass is 32.1. The van der Waals surface area contributed by atoms with Gasteiger partial charge in [-0.15, -0.1) is 11.3 Å². The number of ether oxygens (including phenoxy) is 1. The Kier molecular flexibility index (Phi) is 5.33. The van der Waals surface area contributed by atoms with Gasteiger partial charge in [0.15, 0.2) is 0 Å². The van der Waals surface area contributed by atoms with Crippen molar-refractivity contribution in [1.82, 2.24) is 14.8 Å². The summed E-state index contributed by atoms with van der Waals surface area (Å²) in [7, 11) is 1.54. The number of methoxy groups -OCH3 is 1. The highest BCUT2D eigenvalue weighted by Gasteiger charge is 2.24. The summed E-state index contributed by atoms with van der Waals surface area (Å²) in [6.07, 6.45) is 2.30. The molecule has 0 bridgehead atoms. The average Bonchev–Trinajstić information content (AvgIpc) is 2.93. The summed E-state index contributed by atoms with van der Waals surface area (Å²) in [5.41, 5.74) is 0.537. The second-order valence-corrected chi connectivity index (χ2v) is 7.23. The topological polar surface area (TPSA) is 62.7 Å². The molecule has 2 amide bonds. The molecule has 1 aliphatic rings. The Morgan fingerprint density at radius 1 is 1.04 bits per heavy atom. The molecule has 1 saturated heterocycles. The van der Waals surface area contributed by atoms with E-state index in [2.05, 4.69) is 4.98 Å². The first-order chi connectivity index (χ1) is 12.1. The molecule has 2 aromatic heterocycles. The molecule has 0 saturated carbocycles. The molecule has 3 rings (SSSR count). The molecule has 25 heavy (non-hydrogen) atoms. The van der Waals surface area contributed by atoms with Crippen LogP contribution in [0.4, 0.5) is 0 Å². The molecule has 132 valence electrons. The van der Waals surface area contributed by atoms with Gasteiger partial charge >= 0.3 is 0 Å². The number of carbonyl (C=O) groups is 2. The number of carbonyl (C=O) groups excluding carboxylic acids is 2. The normalized spacial score (nSPS) is 15.0. The molecule has 0 aliphatic carbocycles. The standard InChI is InChI=1S/C18H21N3O3S/c1-13-4-6-15(25-13)18(23)21-9-3-8-20(10-11-21)17(22)14-5-7-16(24-2)19-12-14/h4-7,12H,3,8-11H2,1-2H3. The van der Waals surface area contributed by atoms with Gasteiger partial charge in [-0.1, -0.05) is 0 Å². The van der Waals surface area contributed by atoms with Crippen LogP contribution in [0.2, 0.25) is 0 Å². The Balaban J connectivity index is 1.64. The minimum Gasteiger partial charge on any atom is -0.481 e. The summed E-state index contributed by atoms with van der Waals surface area (Å²) >= 11 is 1.51. The molecular formula is C18H21N3O3S. The Bertz CT molecular complexity index is 757. The Labute approximate surface area is 151 Å². The lowest BCUT2D eigenvalue weighted by atomic mass is 10.2. The van der Waals surface area contributed by atoms with Gasteiger partial charge in [-0.25, -0.2) is 4.98 Å².